The molecular formula is C10H15F2N3. The van der Waals surface area contributed by atoms with Gasteiger partial charge in [0.05, 0.1) is 0 Å². The van der Waals surface area contributed by atoms with E-state index in [0.29, 0.717) is 12.5 Å². The molecule has 1 aliphatic rings. The lowest BCUT2D eigenvalue weighted by Crippen LogP contribution is -2.32. The summed E-state index contributed by atoms with van der Waals surface area (Å²) in [4.78, 5) is 0. The first-order chi connectivity index (χ1) is 7.27. The number of piperidine rings is 1. The first-order valence-electron chi connectivity index (χ1n) is 5.28. The van der Waals surface area contributed by atoms with Gasteiger partial charge >= 0.3 is 0 Å². The number of nitrogens with zero attached hydrogens (tertiary/aromatic N) is 2. The van der Waals surface area contributed by atoms with E-state index >= 15 is 0 Å². The maximum atomic E-state index is 12.5. The topological polar surface area (TPSA) is 29.9 Å². The number of rotatable bonds is 3. The average molecular weight is 215 g/mol. The van der Waals surface area contributed by atoms with Gasteiger partial charge in [-0.25, -0.2) is 8.78 Å². The van der Waals surface area contributed by atoms with Crippen molar-refractivity contribution >= 4 is 0 Å². The summed E-state index contributed by atoms with van der Waals surface area (Å²) >= 11 is 0. The summed E-state index contributed by atoms with van der Waals surface area (Å²) < 4.78 is 26.5. The third kappa shape index (κ3) is 2.53. The maximum Gasteiger partial charge on any atom is 0.280 e. The van der Waals surface area contributed by atoms with E-state index in [1.165, 1.54) is 16.9 Å². The van der Waals surface area contributed by atoms with Gasteiger partial charge in [-0.2, -0.15) is 5.10 Å². The fourth-order valence-electron chi connectivity index (χ4n) is 2.01. The Bertz CT molecular complexity index is 305. The van der Waals surface area contributed by atoms with E-state index in [-0.39, 0.29) is 5.69 Å². The molecule has 1 aromatic heterocycles. The molecule has 0 radical (unpaired) electrons. The van der Waals surface area contributed by atoms with Crippen LogP contribution in [-0.2, 0) is 6.54 Å². The van der Waals surface area contributed by atoms with Gasteiger partial charge in [0.25, 0.3) is 6.43 Å². The number of nitrogens with one attached hydrogen (secondary N) is 1. The van der Waals surface area contributed by atoms with E-state index in [1.807, 2.05) is 0 Å². The monoisotopic (exact) mass is 215 g/mol. The van der Waals surface area contributed by atoms with Gasteiger partial charge < -0.3 is 5.32 Å². The van der Waals surface area contributed by atoms with E-state index in [1.54, 1.807) is 0 Å². The number of halogens is 2. The molecule has 1 saturated heterocycles. The summed E-state index contributed by atoms with van der Waals surface area (Å²) in [7, 11) is 0. The summed E-state index contributed by atoms with van der Waals surface area (Å²) in [6.07, 6.45) is 1.23. The van der Waals surface area contributed by atoms with Gasteiger partial charge in [-0.1, -0.05) is 0 Å². The van der Waals surface area contributed by atoms with Crippen LogP contribution in [0, 0.1) is 5.92 Å². The predicted molar refractivity (Wildman–Crippen MR) is 52.8 cm³/mol. The van der Waals surface area contributed by atoms with Crippen LogP contribution in [0.4, 0.5) is 8.78 Å². The maximum absolute atomic E-state index is 12.5. The first-order valence-corrected chi connectivity index (χ1v) is 5.28. The number of hydrogen-bond donors (Lipinski definition) is 1. The average Bonchev–Trinajstić information content (AvgIpc) is 2.67. The normalized spacial score (nSPS) is 22.2. The zero-order valence-corrected chi connectivity index (χ0v) is 8.50. The van der Waals surface area contributed by atoms with Crippen molar-refractivity contribution in [2.24, 2.45) is 5.92 Å². The van der Waals surface area contributed by atoms with Crippen molar-refractivity contribution in [3.05, 3.63) is 18.0 Å². The van der Waals surface area contributed by atoms with Gasteiger partial charge in [0, 0.05) is 12.7 Å². The summed E-state index contributed by atoms with van der Waals surface area (Å²) in [5.41, 5.74) is 0.0283. The SMILES string of the molecule is FC(F)c1ccnn1CC1CCCNC1. The first kappa shape index (κ1) is 10.5. The standard InChI is InChI=1S/C10H15F2N3/c11-10(12)9-3-5-14-15(9)7-8-2-1-4-13-6-8/h3,5,8,10,13H,1-2,4,6-7H2. The Morgan fingerprint density at radius 3 is 3.13 bits per heavy atom. The molecule has 0 saturated carbocycles. The minimum absolute atomic E-state index is 0.0283. The Hall–Kier alpha value is -0.970. The summed E-state index contributed by atoms with van der Waals surface area (Å²) in [6.45, 7) is 2.54. The second-order valence-electron chi connectivity index (χ2n) is 3.95. The second kappa shape index (κ2) is 4.70. The van der Waals surface area contributed by atoms with Crippen LogP contribution in [0.2, 0.25) is 0 Å². The van der Waals surface area contributed by atoms with Crippen molar-refractivity contribution in [2.45, 2.75) is 25.8 Å². The van der Waals surface area contributed by atoms with Crippen LogP contribution in [0.15, 0.2) is 12.3 Å². The Morgan fingerprint density at radius 1 is 1.60 bits per heavy atom. The smallest absolute Gasteiger partial charge is 0.280 e. The lowest BCUT2D eigenvalue weighted by molar-refractivity contribution is 0.136. The van der Waals surface area contributed by atoms with E-state index in [0.717, 1.165) is 25.9 Å². The Morgan fingerprint density at radius 2 is 2.47 bits per heavy atom. The molecule has 5 heteroatoms. The van der Waals surface area contributed by atoms with Gasteiger partial charge in [-0.3, -0.25) is 4.68 Å². The van der Waals surface area contributed by atoms with Gasteiger partial charge in [-0.15, -0.1) is 0 Å². The number of alkyl halides is 2. The molecule has 1 aromatic rings. The van der Waals surface area contributed by atoms with E-state index in [9.17, 15) is 8.78 Å². The molecule has 15 heavy (non-hydrogen) atoms. The molecule has 1 atom stereocenters. The molecule has 3 nitrogen and oxygen atoms in total. The molecule has 1 fully saturated rings. The summed E-state index contributed by atoms with van der Waals surface area (Å²) in [5.74, 6) is 0.427. The quantitative estimate of drug-likeness (QED) is 0.833. The molecule has 0 aromatic carbocycles. The molecule has 0 spiro atoms. The summed E-state index contributed by atoms with van der Waals surface area (Å²) in [5, 5.41) is 7.21. The van der Waals surface area contributed by atoms with Crippen molar-refractivity contribution in [2.75, 3.05) is 13.1 Å². The van der Waals surface area contributed by atoms with Crippen molar-refractivity contribution in [1.82, 2.24) is 15.1 Å². The molecule has 0 bridgehead atoms. The van der Waals surface area contributed by atoms with Crippen molar-refractivity contribution < 1.29 is 8.78 Å². The van der Waals surface area contributed by atoms with Crippen LogP contribution in [0.25, 0.3) is 0 Å². The lowest BCUT2D eigenvalue weighted by atomic mass is 10.00. The van der Waals surface area contributed by atoms with Gasteiger partial charge in [0.1, 0.15) is 5.69 Å². The molecule has 0 amide bonds. The number of hydrogen-bond acceptors (Lipinski definition) is 2. The molecular weight excluding hydrogens is 200 g/mol. The second-order valence-corrected chi connectivity index (χ2v) is 3.95. The van der Waals surface area contributed by atoms with Crippen LogP contribution in [-0.4, -0.2) is 22.9 Å². The Kier molecular flexibility index (Phi) is 3.30. The molecule has 1 aliphatic heterocycles. The predicted octanol–water partition coefficient (Wildman–Crippen LogP) is 1.82. The van der Waals surface area contributed by atoms with Crippen molar-refractivity contribution in [3.63, 3.8) is 0 Å². The highest BCUT2D eigenvalue weighted by molar-refractivity contribution is 5.02. The molecule has 2 rings (SSSR count). The minimum atomic E-state index is -2.43. The highest BCUT2D eigenvalue weighted by Gasteiger charge is 2.18. The fraction of sp³-hybridized carbons (Fsp3) is 0.700. The third-order valence-electron chi connectivity index (χ3n) is 2.80. The van der Waals surface area contributed by atoms with Crippen molar-refractivity contribution in [1.29, 1.82) is 0 Å². The number of aromatic nitrogens is 2. The minimum Gasteiger partial charge on any atom is -0.316 e. The summed E-state index contributed by atoms with van der Waals surface area (Å²) in [6, 6.07) is 1.39. The molecule has 1 unspecified atom stereocenters. The molecule has 0 aliphatic carbocycles. The molecule has 84 valence electrons. The van der Waals surface area contributed by atoms with Crippen LogP contribution in [0.5, 0.6) is 0 Å². The van der Waals surface area contributed by atoms with E-state index < -0.39 is 6.43 Å². The zero-order valence-electron chi connectivity index (χ0n) is 8.50. The van der Waals surface area contributed by atoms with Crippen LogP contribution in [0.3, 0.4) is 0 Å². The van der Waals surface area contributed by atoms with Gasteiger partial charge in [0.2, 0.25) is 0 Å². The lowest BCUT2D eigenvalue weighted by Gasteiger charge is -2.23. The molecule has 2 heterocycles. The Labute approximate surface area is 87.5 Å². The highest BCUT2D eigenvalue weighted by Crippen LogP contribution is 2.20. The Balaban J connectivity index is 1.99. The van der Waals surface area contributed by atoms with Gasteiger partial charge in [0.15, 0.2) is 0 Å². The van der Waals surface area contributed by atoms with Crippen LogP contribution in [0.1, 0.15) is 25.0 Å². The third-order valence-corrected chi connectivity index (χ3v) is 2.80. The van der Waals surface area contributed by atoms with Gasteiger partial charge in [-0.05, 0) is 37.9 Å². The van der Waals surface area contributed by atoms with Crippen LogP contribution < -0.4 is 5.32 Å². The van der Waals surface area contributed by atoms with E-state index in [4.69, 9.17) is 0 Å². The van der Waals surface area contributed by atoms with E-state index in [2.05, 4.69) is 10.4 Å². The highest BCUT2D eigenvalue weighted by atomic mass is 19.3. The fourth-order valence-corrected chi connectivity index (χ4v) is 2.01. The zero-order chi connectivity index (χ0) is 10.7. The largest absolute Gasteiger partial charge is 0.316 e. The molecule has 1 N–H and O–H groups in total. The van der Waals surface area contributed by atoms with Crippen molar-refractivity contribution in [3.8, 4) is 0 Å². The van der Waals surface area contributed by atoms with Crippen LogP contribution >= 0.6 is 0 Å².